The zero-order chi connectivity index (χ0) is 21.9. The molecule has 7 rings (SSSR count). The Morgan fingerprint density at radius 1 is 1.09 bits per heavy atom. The van der Waals surface area contributed by atoms with E-state index in [1.165, 1.54) is 11.1 Å². The molecule has 5 aliphatic rings. The lowest BCUT2D eigenvalue weighted by atomic mass is 9.88. The minimum atomic E-state index is -4.10. The van der Waals surface area contributed by atoms with E-state index >= 15 is 0 Å². The number of hydrogen-bond donors (Lipinski definition) is 2. The lowest BCUT2D eigenvalue weighted by Gasteiger charge is -2.26. The fraction of sp³-hybridized carbons (Fsp3) is 0.458. The van der Waals surface area contributed by atoms with E-state index in [9.17, 15) is 13.2 Å². The Morgan fingerprint density at radius 2 is 1.91 bits per heavy atom. The molecule has 1 aromatic carbocycles. The van der Waals surface area contributed by atoms with Crippen molar-refractivity contribution in [3.05, 3.63) is 52.3 Å². The van der Waals surface area contributed by atoms with Gasteiger partial charge in [0.2, 0.25) is 5.09 Å². The standard InChI is InChI=1S/C24H27N3O4S/c28-24(25-22-19-6-2-5-16(19)7-8-20(22)15-3-1-4-15)26-32(29,30)21-13-18-14-27-11-9-17(10-12-27)23(18)31-21/h3,7-8,13,17H,1-2,4-6,9-12,14H2,(H2,25,26,28). The molecule has 3 aliphatic heterocycles. The van der Waals surface area contributed by atoms with Crippen molar-refractivity contribution in [2.24, 2.45) is 0 Å². The second kappa shape index (κ2) is 7.49. The van der Waals surface area contributed by atoms with Crippen LogP contribution < -0.4 is 10.0 Å². The monoisotopic (exact) mass is 453 g/mol. The molecular weight excluding hydrogens is 426 g/mol. The number of rotatable bonds is 4. The first-order valence-electron chi connectivity index (χ1n) is 11.5. The van der Waals surface area contributed by atoms with Crippen LogP contribution in [0, 0.1) is 0 Å². The van der Waals surface area contributed by atoms with Gasteiger partial charge in [-0.15, -0.1) is 0 Å². The highest BCUT2D eigenvalue weighted by Crippen LogP contribution is 2.40. The maximum Gasteiger partial charge on any atom is 0.333 e. The lowest BCUT2D eigenvalue weighted by molar-refractivity contribution is 0.212. The van der Waals surface area contributed by atoms with E-state index in [0.29, 0.717) is 6.54 Å². The Hall–Kier alpha value is -2.58. The molecule has 1 aromatic heterocycles. The number of carbonyl (C=O) groups excluding carboxylic acids is 1. The molecule has 2 N–H and O–H groups in total. The van der Waals surface area contributed by atoms with Crippen molar-refractivity contribution in [1.29, 1.82) is 0 Å². The number of furan rings is 1. The number of hydrogen-bond acceptors (Lipinski definition) is 5. The van der Waals surface area contributed by atoms with Gasteiger partial charge in [0.05, 0.1) is 5.69 Å². The summed E-state index contributed by atoms with van der Waals surface area (Å²) in [5.41, 5.74) is 6.23. The minimum Gasteiger partial charge on any atom is -0.447 e. The number of anilines is 1. The van der Waals surface area contributed by atoms with Crippen LogP contribution in [0.25, 0.3) is 5.57 Å². The number of piperidine rings is 1. The first kappa shape index (κ1) is 20.1. The second-order valence-electron chi connectivity index (χ2n) is 9.31. The van der Waals surface area contributed by atoms with E-state index in [1.807, 2.05) is 6.07 Å². The van der Waals surface area contributed by atoms with Gasteiger partial charge in [-0.3, -0.25) is 4.90 Å². The Balaban J connectivity index is 1.25. The van der Waals surface area contributed by atoms with Gasteiger partial charge in [0.25, 0.3) is 10.0 Å². The molecule has 4 heterocycles. The largest absolute Gasteiger partial charge is 0.447 e. The van der Waals surface area contributed by atoms with E-state index in [0.717, 1.165) is 86.2 Å². The Bertz CT molecular complexity index is 1240. The molecule has 7 nitrogen and oxygen atoms in total. The van der Waals surface area contributed by atoms with E-state index in [1.54, 1.807) is 6.07 Å². The number of urea groups is 1. The molecule has 2 aliphatic carbocycles. The number of nitrogens with one attached hydrogen (secondary N) is 2. The van der Waals surface area contributed by atoms with Crippen molar-refractivity contribution in [1.82, 2.24) is 9.62 Å². The van der Waals surface area contributed by atoms with Crippen LogP contribution in [-0.4, -0.2) is 32.4 Å². The average molecular weight is 454 g/mol. The van der Waals surface area contributed by atoms with Crippen molar-refractivity contribution in [2.75, 3.05) is 18.4 Å². The summed E-state index contributed by atoms with van der Waals surface area (Å²) in [6, 6.07) is 5.03. The van der Waals surface area contributed by atoms with Crippen molar-refractivity contribution in [3.63, 3.8) is 0 Å². The first-order chi connectivity index (χ1) is 15.5. The fourth-order valence-corrected chi connectivity index (χ4v) is 6.43. The molecule has 0 unspecified atom stereocenters. The summed E-state index contributed by atoms with van der Waals surface area (Å²) in [5.74, 6) is 1.03. The summed E-state index contributed by atoms with van der Waals surface area (Å²) in [6.07, 6.45) is 9.05. The molecule has 8 heteroatoms. The topological polar surface area (TPSA) is 91.7 Å². The third kappa shape index (κ3) is 3.36. The molecule has 32 heavy (non-hydrogen) atoms. The normalized spacial score (nSPS) is 23.6. The molecule has 168 valence electrons. The Morgan fingerprint density at radius 3 is 2.66 bits per heavy atom. The molecule has 2 aromatic rings. The van der Waals surface area contributed by atoms with Crippen LogP contribution in [-0.2, 0) is 29.4 Å². The zero-order valence-electron chi connectivity index (χ0n) is 17.9. The number of fused-ring (bicyclic) bond motifs is 3. The van der Waals surface area contributed by atoms with Crippen molar-refractivity contribution in [3.8, 4) is 0 Å². The third-order valence-electron chi connectivity index (χ3n) is 7.34. The minimum absolute atomic E-state index is 0.174. The van der Waals surface area contributed by atoms with Crippen LogP contribution in [0.2, 0.25) is 0 Å². The van der Waals surface area contributed by atoms with E-state index < -0.39 is 16.1 Å². The van der Waals surface area contributed by atoms with Gasteiger partial charge in [-0.25, -0.2) is 9.52 Å². The zero-order valence-corrected chi connectivity index (χ0v) is 18.8. The van der Waals surface area contributed by atoms with Crippen LogP contribution >= 0.6 is 0 Å². The van der Waals surface area contributed by atoms with Gasteiger partial charge in [-0.1, -0.05) is 18.2 Å². The number of aryl methyl sites for hydroxylation is 1. The van der Waals surface area contributed by atoms with E-state index in [4.69, 9.17) is 4.42 Å². The summed E-state index contributed by atoms with van der Waals surface area (Å²) >= 11 is 0. The van der Waals surface area contributed by atoms with Crippen LogP contribution in [0.1, 0.15) is 66.0 Å². The molecule has 0 radical (unpaired) electrons. The molecule has 2 amide bonds. The molecule has 0 spiro atoms. The summed E-state index contributed by atoms with van der Waals surface area (Å²) in [6.45, 7) is 2.72. The Labute approximate surface area is 187 Å². The highest BCUT2D eigenvalue weighted by atomic mass is 32.2. The highest BCUT2D eigenvalue weighted by molar-refractivity contribution is 7.89. The van der Waals surface area contributed by atoms with Gasteiger partial charge >= 0.3 is 6.03 Å². The first-order valence-corrected chi connectivity index (χ1v) is 13.0. The number of nitrogens with zero attached hydrogens (tertiary/aromatic N) is 1. The van der Waals surface area contributed by atoms with Gasteiger partial charge in [-0.2, -0.15) is 8.42 Å². The van der Waals surface area contributed by atoms with Gasteiger partial charge in [-0.05, 0) is 74.7 Å². The van der Waals surface area contributed by atoms with E-state index in [-0.39, 0.29) is 11.0 Å². The lowest BCUT2D eigenvalue weighted by Crippen LogP contribution is -2.35. The summed E-state index contributed by atoms with van der Waals surface area (Å²) in [7, 11) is -4.10. The number of sulfonamides is 1. The predicted molar refractivity (Wildman–Crippen MR) is 121 cm³/mol. The van der Waals surface area contributed by atoms with Crippen LogP contribution in [0.5, 0.6) is 0 Å². The molecule has 1 saturated heterocycles. The molecular formula is C24H27N3O4S. The van der Waals surface area contributed by atoms with Crippen molar-refractivity contribution in [2.45, 2.75) is 62.5 Å². The molecule has 0 saturated carbocycles. The maximum atomic E-state index is 13.0. The fourth-order valence-electron chi connectivity index (χ4n) is 5.53. The molecule has 2 bridgehead atoms. The van der Waals surface area contributed by atoms with Crippen molar-refractivity contribution >= 4 is 27.3 Å². The smallest absolute Gasteiger partial charge is 0.333 e. The molecule has 0 atom stereocenters. The second-order valence-corrected chi connectivity index (χ2v) is 10.9. The van der Waals surface area contributed by atoms with Gasteiger partial charge in [0.15, 0.2) is 0 Å². The number of allylic oxidation sites excluding steroid dienone is 2. The number of amides is 2. The van der Waals surface area contributed by atoms with Crippen LogP contribution in [0.4, 0.5) is 10.5 Å². The highest BCUT2D eigenvalue weighted by Gasteiger charge is 2.34. The van der Waals surface area contributed by atoms with Gasteiger partial charge in [0.1, 0.15) is 5.76 Å². The number of benzene rings is 1. The summed E-state index contributed by atoms with van der Waals surface area (Å²) in [4.78, 5) is 15.2. The third-order valence-corrected chi connectivity index (χ3v) is 8.52. The SMILES string of the molecule is O=C(Nc1c(C2=CCC2)ccc2c1CCC2)NS(=O)(=O)c1cc2c(o1)C1CCN(CC1)C2. The average Bonchev–Trinajstić information content (AvgIpc) is 3.30. The van der Waals surface area contributed by atoms with Gasteiger partial charge < -0.3 is 9.73 Å². The van der Waals surface area contributed by atoms with Crippen molar-refractivity contribution < 1.29 is 17.6 Å². The van der Waals surface area contributed by atoms with E-state index in [2.05, 4.69) is 27.1 Å². The quantitative estimate of drug-likeness (QED) is 0.726. The molecule has 1 fully saturated rings. The summed E-state index contributed by atoms with van der Waals surface area (Å²) < 4.78 is 34.0. The van der Waals surface area contributed by atoms with Crippen LogP contribution in [0.3, 0.4) is 0 Å². The predicted octanol–water partition coefficient (Wildman–Crippen LogP) is 4.15. The van der Waals surface area contributed by atoms with Gasteiger partial charge in [0, 0.05) is 29.7 Å². The number of carbonyl (C=O) groups is 1. The maximum absolute atomic E-state index is 13.0. The Kier molecular flexibility index (Phi) is 4.69. The summed E-state index contributed by atoms with van der Waals surface area (Å²) in [5, 5.41) is 2.69. The van der Waals surface area contributed by atoms with Crippen LogP contribution in [0.15, 0.2) is 33.8 Å².